The number of benzene rings is 2. The number of hydrogen-bond acceptors (Lipinski definition) is 2. The van der Waals surface area contributed by atoms with Crippen molar-refractivity contribution in [2.75, 3.05) is 0 Å². The Balaban J connectivity index is 1.82. The minimum absolute atomic E-state index is 0.0203. The van der Waals surface area contributed by atoms with Gasteiger partial charge in [-0.25, -0.2) is 0 Å². The number of amides is 1. The van der Waals surface area contributed by atoms with E-state index in [1.54, 1.807) is 11.3 Å². The first-order valence-electron chi connectivity index (χ1n) is 7.34. The van der Waals surface area contributed by atoms with Gasteiger partial charge in [-0.2, -0.15) is 0 Å². The third-order valence-corrected chi connectivity index (χ3v) is 5.28. The summed E-state index contributed by atoms with van der Waals surface area (Å²) in [6, 6.07) is 21.8. The van der Waals surface area contributed by atoms with Gasteiger partial charge in [-0.15, -0.1) is 11.3 Å². The first kappa shape index (κ1) is 16.0. The highest BCUT2D eigenvalue weighted by molar-refractivity contribution is 9.10. The van der Waals surface area contributed by atoms with Crippen LogP contribution in [0.25, 0.3) is 0 Å². The highest BCUT2D eigenvalue weighted by Crippen LogP contribution is 2.25. The van der Waals surface area contributed by atoms with Gasteiger partial charge in [0.2, 0.25) is 5.91 Å². The zero-order valence-electron chi connectivity index (χ0n) is 12.4. The fourth-order valence-electron chi connectivity index (χ4n) is 2.51. The molecule has 0 saturated carbocycles. The van der Waals surface area contributed by atoms with Crippen LogP contribution in [0.5, 0.6) is 0 Å². The maximum absolute atomic E-state index is 12.8. The average Bonchev–Trinajstić information content (AvgIpc) is 3.01. The molecule has 0 spiro atoms. The molecule has 0 bridgehead atoms. The zero-order chi connectivity index (χ0) is 16.1. The van der Waals surface area contributed by atoms with Crippen LogP contribution in [-0.2, 0) is 11.3 Å². The van der Waals surface area contributed by atoms with Crippen molar-refractivity contribution >= 4 is 33.2 Å². The average molecular weight is 386 g/mol. The Kier molecular flexibility index (Phi) is 5.26. The lowest BCUT2D eigenvalue weighted by atomic mass is 9.90. The number of thiophene rings is 1. The van der Waals surface area contributed by atoms with E-state index in [0.29, 0.717) is 6.54 Å². The topological polar surface area (TPSA) is 29.1 Å². The van der Waals surface area contributed by atoms with Gasteiger partial charge in [-0.1, -0.05) is 60.7 Å². The molecular formula is C19H16BrNOS. The number of nitrogens with one attached hydrogen (secondary N) is 1. The van der Waals surface area contributed by atoms with Gasteiger partial charge in [-0.05, 0) is 33.1 Å². The van der Waals surface area contributed by atoms with E-state index in [1.807, 2.05) is 72.1 Å². The molecule has 2 nitrogen and oxygen atoms in total. The summed E-state index contributed by atoms with van der Waals surface area (Å²) in [6.45, 7) is 0.547. The van der Waals surface area contributed by atoms with E-state index < -0.39 is 0 Å². The van der Waals surface area contributed by atoms with Crippen LogP contribution in [0.4, 0.5) is 0 Å². The molecule has 0 atom stereocenters. The monoisotopic (exact) mass is 385 g/mol. The second kappa shape index (κ2) is 7.57. The predicted octanol–water partition coefficient (Wildman–Crippen LogP) is 4.96. The fraction of sp³-hybridized carbons (Fsp3) is 0.105. The third kappa shape index (κ3) is 4.09. The summed E-state index contributed by atoms with van der Waals surface area (Å²) in [7, 11) is 0. The van der Waals surface area contributed by atoms with Crippen LogP contribution in [-0.4, -0.2) is 5.91 Å². The van der Waals surface area contributed by atoms with E-state index >= 15 is 0 Å². The second-order valence-corrected chi connectivity index (χ2v) is 7.11. The SMILES string of the molecule is O=C(NCc1cc(Br)cs1)C(c1ccccc1)c1ccccc1. The van der Waals surface area contributed by atoms with E-state index in [2.05, 4.69) is 21.2 Å². The summed E-state index contributed by atoms with van der Waals surface area (Å²) in [5.74, 6) is -0.271. The van der Waals surface area contributed by atoms with Crippen molar-refractivity contribution in [3.8, 4) is 0 Å². The normalized spacial score (nSPS) is 10.7. The van der Waals surface area contributed by atoms with Crippen LogP contribution in [0, 0.1) is 0 Å². The van der Waals surface area contributed by atoms with Gasteiger partial charge in [0.25, 0.3) is 0 Å². The van der Waals surface area contributed by atoms with Crippen LogP contribution >= 0.6 is 27.3 Å². The minimum atomic E-state index is -0.291. The second-order valence-electron chi connectivity index (χ2n) is 5.20. The van der Waals surface area contributed by atoms with E-state index in [0.717, 1.165) is 20.5 Å². The fourth-order valence-corrected chi connectivity index (χ4v) is 3.90. The van der Waals surface area contributed by atoms with Crippen LogP contribution in [0.2, 0.25) is 0 Å². The van der Waals surface area contributed by atoms with Crippen molar-refractivity contribution < 1.29 is 4.79 Å². The molecule has 3 aromatic rings. The molecule has 0 saturated heterocycles. The maximum atomic E-state index is 12.8. The van der Waals surface area contributed by atoms with Gasteiger partial charge < -0.3 is 5.32 Å². The quantitative estimate of drug-likeness (QED) is 0.660. The van der Waals surface area contributed by atoms with Gasteiger partial charge in [0.05, 0.1) is 12.5 Å². The Morgan fingerprint density at radius 2 is 1.57 bits per heavy atom. The van der Waals surface area contributed by atoms with Gasteiger partial charge in [0, 0.05) is 14.7 Å². The summed E-state index contributed by atoms with van der Waals surface area (Å²) >= 11 is 5.07. The summed E-state index contributed by atoms with van der Waals surface area (Å²) < 4.78 is 1.05. The molecule has 0 aliphatic rings. The Hall–Kier alpha value is -1.91. The first-order chi connectivity index (χ1) is 11.2. The molecule has 0 aliphatic carbocycles. The van der Waals surface area contributed by atoms with Crippen LogP contribution in [0.1, 0.15) is 21.9 Å². The van der Waals surface area contributed by atoms with Gasteiger partial charge in [0.15, 0.2) is 0 Å². The van der Waals surface area contributed by atoms with Crippen molar-refractivity contribution in [1.29, 1.82) is 0 Å². The highest BCUT2D eigenvalue weighted by Gasteiger charge is 2.22. The lowest BCUT2D eigenvalue weighted by Gasteiger charge is -2.17. The standard InChI is InChI=1S/C19H16BrNOS/c20-16-11-17(23-13-16)12-21-19(22)18(14-7-3-1-4-8-14)15-9-5-2-6-10-15/h1-11,13,18H,12H2,(H,21,22). The van der Waals surface area contributed by atoms with E-state index in [-0.39, 0.29) is 11.8 Å². The predicted molar refractivity (Wildman–Crippen MR) is 98.6 cm³/mol. The Labute approximate surface area is 148 Å². The molecule has 23 heavy (non-hydrogen) atoms. The van der Waals surface area contributed by atoms with Crippen molar-refractivity contribution in [1.82, 2.24) is 5.32 Å². The van der Waals surface area contributed by atoms with Crippen molar-refractivity contribution in [2.24, 2.45) is 0 Å². The Morgan fingerprint density at radius 1 is 1.00 bits per heavy atom. The summed E-state index contributed by atoms with van der Waals surface area (Å²) in [6.07, 6.45) is 0. The highest BCUT2D eigenvalue weighted by atomic mass is 79.9. The molecule has 116 valence electrons. The third-order valence-electron chi connectivity index (χ3n) is 3.59. The molecule has 1 amide bonds. The molecular weight excluding hydrogens is 370 g/mol. The largest absolute Gasteiger partial charge is 0.350 e. The van der Waals surface area contributed by atoms with Crippen LogP contribution < -0.4 is 5.32 Å². The molecule has 0 aliphatic heterocycles. The van der Waals surface area contributed by atoms with Crippen molar-refractivity contribution in [3.63, 3.8) is 0 Å². The smallest absolute Gasteiger partial charge is 0.232 e. The van der Waals surface area contributed by atoms with Crippen LogP contribution in [0.3, 0.4) is 0 Å². The summed E-state index contributed by atoms with van der Waals surface area (Å²) in [5, 5.41) is 5.08. The number of rotatable bonds is 5. The number of hydrogen-bond donors (Lipinski definition) is 1. The van der Waals surface area contributed by atoms with Gasteiger partial charge in [0.1, 0.15) is 0 Å². The number of carbonyl (C=O) groups is 1. The number of carbonyl (C=O) groups excluding carboxylic acids is 1. The molecule has 4 heteroatoms. The van der Waals surface area contributed by atoms with Gasteiger partial charge in [-0.3, -0.25) is 4.79 Å². The first-order valence-corrected chi connectivity index (χ1v) is 9.02. The summed E-state index contributed by atoms with van der Waals surface area (Å²) in [4.78, 5) is 13.9. The molecule has 1 N–H and O–H groups in total. The Bertz CT molecular complexity index is 731. The van der Waals surface area contributed by atoms with E-state index in [9.17, 15) is 4.79 Å². The Morgan fingerprint density at radius 3 is 2.04 bits per heavy atom. The lowest BCUT2D eigenvalue weighted by molar-refractivity contribution is -0.121. The molecule has 0 fully saturated rings. The van der Waals surface area contributed by atoms with E-state index in [1.165, 1.54) is 0 Å². The van der Waals surface area contributed by atoms with E-state index in [4.69, 9.17) is 0 Å². The van der Waals surface area contributed by atoms with Crippen molar-refractivity contribution in [2.45, 2.75) is 12.5 Å². The lowest BCUT2D eigenvalue weighted by Crippen LogP contribution is -2.29. The number of halogens is 1. The van der Waals surface area contributed by atoms with Crippen molar-refractivity contribution in [3.05, 3.63) is 92.6 Å². The molecule has 1 aromatic heterocycles. The van der Waals surface area contributed by atoms with Gasteiger partial charge >= 0.3 is 0 Å². The molecule has 3 rings (SSSR count). The summed E-state index contributed by atoms with van der Waals surface area (Å²) in [5.41, 5.74) is 2.01. The van der Waals surface area contributed by atoms with Crippen LogP contribution in [0.15, 0.2) is 76.6 Å². The minimum Gasteiger partial charge on any atom is -0.350 e. The maximum Gasteiger partial charge on any atom is 0.232 e. The molecule has 2 aromatic carbocycles. The molecule has 0 unspecified atom stereocenters. The molecule has 0 radical (unpaired) electrons. The molecule has 1 heterocycles. The zero-order valence-corrected chi connectivity index (χ0v) is 14.8.